The van der Waals surface area contributed by atoms with Crippen LogP contribution in [0.3, 0.4) is 0 Å². The Morgan fingerprint density at radius 3 is 3.04 bits per heavy atom. The summed E-state index contributed by atoms with van der Waals surface area (Å²) >= 11 is 0. The second-order valence-electron chi connectivity index (χ2n) is 6.69. The monoisotopic (exact) mass is 342 g/mol. The Morgan fingerprint density at radius 1 is 1.32 bits per heavy atom. The summed E-state index contributed by atoms with van der Waals surface area (Å²) in [6.07, 6.45) is 3.47. The van der Waals surface area contributed by atoms with Crippen molar-refractivity contribution < 1.29 is 9.47 Å². The van der Waals surface area contributed by atoms with E-state index in [1.165, 1.54) is 6.33 Å². The molecule has 2 aliphatic heterocycles. The molecule has 0 aliphatic carbocycles. The number of ether oxygens (including phenoxy) is 2. The molecule has 8 heteroatoms. The van der Waals surface area contributed by atoms with Crippen molar-refractivity contribution in [3.05, 3.63) is 30.2 Å². The number of hydrogen-bond acceptors (Lipinski definition) is 8. The van der Waals surface area contributed by atoms with E-state index in [1.54, 1.807) is 7.11 Å². The minimum absolute atomic E-state index is 0.131. The van der Waals surface area contributed by atoms with Crippen LogP contribution in [0.1, 0.15) is 18.5 Å². The molecule has 0 bridgehead atoms. The molecule has 2 atom stereocenters. The lowest BCUT2D eigenvalue weighted by Gasteiger charge is -2.24. The van der Waals surface area contributed by atoms with Gasteiger partial charge < -0.3 is 19.7 Å². The van der Waals surface area contributed by atoms with Gasteiger partial charge in [0.05, 0.1) is 31.1 Å². The lowest BCUT2D eigenvalue weighted by Crippen LogP contribution is -2.34. The van der Waals surface area contributed by atoms with Crippen molar-refractivity contribution in [3.8, 4) is 5.88 Å². The number of rotatable bonds is 4. The Kier molecular flexibility index (Phi) is 4.12. The molecule has 0 amide bonds. The van der Waals surface area contributed by atoms with Gasteiger partial charge in [-0.3, -0.25) is 0 Å². The van der Waals surface area contributed by atoms with E-state index >= 15 is 0 Å². The molecule has 2 unspecified atom stereocenters. The number of aryl methyl sites for hydroxylation is 1. The van der Waals surface area contributed by atoms with Crippen LogP contribution in [0.4, 0.5) is 11.6 Å². The quantitative estimate of drug-likeness (QED) is 0.893. The maximum Gasteiger partial charge on any atom is 0.218 e. The van der Waals surface area contributed by atoms with Crippen LogP contribution in [0.25, 0.3) is 0 Å². The zero-order valence-electron chi connectivity index (χ0n) is 14.5. The minimum Gasteiger partial charge on any atom is -0.481 e. The highest BCUT2D eigenvalue weighted by Crippen LogP contribution is 2.37. The van der Waals surface area contributed by atoms with Gasteiger partial charge in [0, 0.05) is 25.6 Å². The predicted molar refractivity (Wildman–Crippen MR) is 92.9 cm³/mol. The molecule has 1 spiro atoms. The summed E-state index contributed by atoms with van der Waals surface area (Å²) in [5, 5.41) is 11.7. The van der Waals surface area contributed by atoms with Gasteiger partial charge in [-0.2, -0.15) is 5.10 Å². The van der Waals surface area contributed by atoms with Crippen LogP contribution in [0.15, 0.2) is 24.5 Å². The van der Waals surface area contributed by atoms with Crippen LogP contribution in [-0.4, -0.2) is 58.6 Å². The summed E-state index contributed by atoms with van der Waals surface area (Å²) in [5.74, 6) is 2.26. The highest BCUT2D eigenvalue weighted by atomic mass is 16.5. The average Bonchev–Trinajstić information content (AvgIpc) is 3.24. The number of hydrogen-bond donors (Lipinski definition) is 1. The van der Waals surface area contributed by atoms with Gasteiger partial charge >= 0.3 is 0 Å². The summed E-state index contributed by atoms with van der Waals surface area (Å²) in [6.45, 7) is 4.35. The predicted octanol–water partition coefficient (Wildman–Crippen LogP) is 1.43. The third-order valence-electron chi connectivity index (χ3n) is 4.84. The number of anilines is 2. The van der Waals surface area contributed by atoms with Gasteiger partial charge in [-0.05, 0) is 25.5 Å². The molecule has 2 aromatic rings. The first-order valence-corrected chi connectivity index (χ1v) is 8.48. The third kappa shape index (κ3) is 3.34. The number of aromatic nitrogens is 4. The van der Waals surface area contributed by atoms with E-state index in [2.05, 4.69) is 30.4 Å². The molecule has 132 valence electrons. The Hall–Kier alpha value is -2.48. The lowest BCUT2D eigenvalue weighted by atomic mass is 9.97. The minimum atomic E-state index is -0.131. The van der Waals surface area contributed by atoms with E-state index in [0.717, 1.165) is 43.3 Å². The van der Waals surface area contributed by atoms with Crippen molar-refractivity contribution in [2.45, 2.75) is 31.4 Å². The van der Waals surface area contributed by atoms with Gasteiger partial charge in [-0.1, -0.05) is 0 Å². The van der Waals surface area contributed by atoms with Crippen LogP contribution < -0.4 is 15.0 Å². The van der Waals surface area contributed by atoms with Crippen molar-refractivity contribution in [3.63, 3.8) is 0 Å². The Labute approximate surface area is 146 Å². The highest BCUT2D eigenvalue weighted by Gasteiger charge is 2.46. The molecule has 25 heavy (non-hydrogen) atoms. The fourth-order valence-corrected chi connectivity index (χ4v) is 3.56. The topological polar surface area (TPSA) is 85.3 Å². The summed E-state index contributed by atoms with van der Waals surface area (Å²) in [6, 6.07) is 6.03. The normalized spacial score (nSPS) is 25.5. The zero-order chi connectivity index (χ0) is 17.3. The van der Waals surface area contributed by atoms with E-state index in [-0.39, 0.29) is 11.6 Å². The molecule has 8 nitrogen and oxygen atoms in total. The van der Waals surface area contributed by atoms with E-state index in [9.17, 15) is 0 Å². The maximum atomic E-state index is 6.19. The first kappa shape index (κ1) is 16.0. The van der Waals surface area contributed by atoms with Crippen LogP contribution in [0, 0.1) is 6.92 Å². The van der Waals surface area contributed by atoms with Gasteiger partial charge in [0.2, 0.25) is 5.88 Å². The second kappa shape index (κ2) is 6.44. The SMILES string of the molecule is COc1cc(N2CCC3(CC(Nc4ccc(C)nn4)CO3)C2)ncn1. The standard InChI is InChI=1S/C17H22N6O2/c1-12-3-4-14(22-21-12)20-13-8-17(25-9-13)5-6-23(10-17)15-7-16(24-2)19-11-18-15/h3-4,7,11,13H,5-6,8-10H2,1-2H3,(H,20,22). The summed E-state index contributed by atoms with van der Waals surface area (Å²) in [4.78, 5) is 10.7. The molecule has 4 rings (SSSR count). The molecule has 0 aromatic carbocycles. The molecule has 1 N–H and O–H groups in total. The summed E-state index contributed by atoms with van der Waals surface area (Å²) < 4.78 is 11.4. The largest absolute Gasteiger partial charge is 0.481 e. The molecular formula is C17H22N6O2. The van der Waals surface area contributed by atoms with E-state index in [0.29, 0.717) is 12.5 Å². The number of nitrogens with zero attached hydrogens (tertiary/aromatic N) is 5. The number of methoxy groups -OCH3 is 1. The first-order valence-electron chi connectivity index (χ1n) is 8.48. The van der Waals surface area contributed by atoms with Gasteiger partial charge in [-0.25, -0.2) is 9.97 Å². The van der Waals surface area contributed by atoms with Crippen molar-refractivity contribution >= 4 is 11.6 Å². The third-order valence-corrected chi connectivity index (χ3v) is 4.84. The molecule has 2 aromatic heterocycles. The van der Waals surface area contributed by atoms with Crippen molar-refractivity contribution in [1.82, 2.24) is 20.2 Å². The fraction of sp³-hybridized carbons (Fsp3) is 0.529. The number of nitrogens with one attached hydrogen (secondary N) is 1. The Bertz CT molecular complexity index is 740. The lowest BCUT2D eigenvalue weighted by molar-refractivity contribution is 0.0228. The van der Waals surface area contributed by atoms with Crippen LogP contribution in [-0.2, 0) is 4.74 Å². The molecule has 2 aliphatic rings. The van der Waals surface area contributed by atoms with Crippen molar-refractivity contribution in [1.29, 1.82) is 0 Å². The Morgan fingerprint density at radius 2 is 2.24 bits per heavy atom. The maximum absolute atomic E-state index is 6.19. The van der Waals surface area contributed by atoms with E-state index in [1.807, 2.05) is 25.1 Å². The van der Waals surface area contributed by atoms with Gasteiger partial charge in [-0.15, -0.1) is 5.10 Å². The van der Waals surface area contributed by atoms with Gasteiger partial charge in [0.1, 0.15) is 18.0 Å². The van der Waals surface area contributed by atoms with Crippen LogP contribution in [0.2, 0.25) is 0 Å². The zero-order valence-corrected chi connectivity index (χ0v) is 14.5. The van der Waals surface area contributed by atoms with Gasteiger partial charge in [0.25, 0.3) is 0 Å². The van der Waals surface area contributed by atoms with Crippen molar-refractivity contribution in [2.75, 3.05) is 37.0 Å². The molecular weight excluding hydrogens is 320 g/mol. The summed E-state index contributed by atoms with van der Waals surface area (Å²) in [5.41, 5.74) is 0.782. The molecule has 0 radical (unpaired) electrons. The van der Waals surface area contributed by atoms with E-state index < -0.39 is 0 Å². The smallest absolute Gasteiger partial charge is 0.218 e. The van der Waals surface area contributed by atoms with Crippen LogP contribution >= 0.6 is 0 Å². The van der Waals surface area contributed by atoms with Gasteiger partial charge in [0.15, 0.2) is 0 Å². The first-order chi connectivity index (χ1) is 12.2. The fourth-order valence-electron chi connectivity index (χ4n) is 3.56. The molecule has 2 saturated heterocycles. The van der Waals surface area contributed by atoms with Crippen LogP contribution in [0.5, 0.6) is 5.88 Å². The van der Waals surface area contributed by atoms with E-state index in [4.69, 9.17) is 9.47 Å². The van der Waals surface area contributed by atoms with Crippen molar-refractivity contribution in [2.24, 2.45) is 0 Å². The molecule has 0 saturated carbocycles. The second-order valence-corrected chi connectivity index (χ2v) is 6.69. The summed E-state index contributed by atoms with van der Waals surface area (Å²) in [7, 11) is 1.61. The molecule has 2 fully saturated rings. The average molecular weight is 342 g/mol. The Balaban J connectivity index is 1.40. The highest BCUT2D eigenvalue weighted by molar-refractivity contribution is 5.43. The molecule has 4 heterocycles.